The zero-order valence-electron chi connectivity index (χ0n) is 19.0. The standard InChI is InChI=1S/C24H23ClF2N6O3/c25-15-11-18(27)24(30-12-15)36-17-7-5-14(6-8-17)21-20(23(29)35)22(28)33(31-21)16-3-2-10-32(13-16)19(34)4-1-9-26/h1,4-8,11-12,16H,2-3,9-10,13,28H2,(H2,29,35)/b4-1+/t16-/m1/s1. The first-order valence-corrected chi connectivity index (χ1v) is 11.4. The molecule has 3 aromatic rings. The third-order valence-electron chi connectivity index (χ3n) is 5.71. The lowest BCUT2D eigenvalue weighted by atomic mass is 10.1. The second-order valence-electron chi connectivity index (χ2n) is 8.12. The number of hydrogen-bond donors (Lipinski definition) is 2. The van der Waals surface area contributed by atoms with Crippen LogP contribution in [0.3, 0.4) is 0 Å². The van der Waals surface area contributed by atoms with Crippen LogP contribution in [0.5, 0.6) is 11.6 Å². The van der Waals surface area contributed by atoms with E-state index in [0.29, 0.717) is 37.2 Å². The van der Waals surface area contributed by atoms with E-state index in [2.05, 4.69) is 10.1 Å². The van der Waals surface area contributed by atoms with Crippen molar-refractivity contribution in [3.63, 3.8) is 0 Å². The Bertz CT molecular complexity index is 1310. The number of halogens is 3. The summed E-state index contributed by atoms with van der Waals surface area (Å²) in [6.45, 7) is 0.0913. The van der Waals surface area contributed by atoms with Crippen LogP contribution in [-0.2, 0) is 4.79 Å². The first-order valence-electron chi connectivity index (χ1n) is 11.1. The predicted molar refractivity (Wildman–Crippen MR) is 130 cm³/mol. The Balaban J connectivity index is 1.60. The van der Waals surface area contributed by atoms with E-state index in [1.54, 1.807) is 29.2 Å². The summed E-state index contributed by atoms with van der Waals surface area (Å²) in [5.74, 6) is -1.63. The average molecular weight is 517 g/mol. The molecule has 1 aliphatic rings. The first kappa shape index (κ1) is 25.1. The lowest BCUT2D eigenvalue weighted by molar-refractivity contribution is -0.127. The van der Waals surface area contributed by atoms with Crippen LogP contribution in [0, 0.1) is 5.82 Å². The minimum Gasteiger partial charge on any atom is -0.436 e. The van der Waals surface area contributed by atoms with E-state index >= 15 is 0 Å². The summed E-state index contributed by atoms with van der Waals surface area (Å²) in [6, 6.07) is 7.16. The van der Waals surface area contributed by atoms with Crippen molar-refractivity contribution in [2.75, 3.05) is 25.5 Å². The summed E-state index contributed by atoms with van der Waals surface area (Å²) >= 11 is 5.71. The highest BCUT2D eigenvalue weighted by molar-refractivity contribution is 6.30. The number of allylic oxidation sites excluding steroid dienone is 1. The van der Waals surface area contributed by atoms with Crippen molar-refractivity contribution >= 4 is 29.2 Å². The van der Waals surface area contributed by atoms with Crippen molar-refractivity contribution in [1.82, 2.24) is 19.7 Å². The zero-order valence-corrected chi connectivity index (χ0v) is 19.8. The van der Waals surface area contributed by atoms with Gasteiger partial charge < -0.3 is 21.1 Å². The van der Waals surface area contributed by atoms with Crippen molar-refractivity contribution < 1.29 is 23.1 Å². The minimum absolute atomic E-state index is 0.0508. The van der Waals surface area contributed by atoms with Crippen LogP contribution in [-0.4, -0.2) is 51.2 Å². The maximum atomic E-state index is 14.0. The van der Waals surface area contributed by atoms with Gasteiger partial charge in [-0.1, -0.05) is 11.6 Å². The number of carbonyl (C=O) groups excluding carboxylic acids is 2. The molecule has 1 aromatic carbocycles. The van der Waals surface area contributed by atoms with Crippen LogP contribution in [0.15, 0.2) is 48.7 Å². The number of benzene rings is 1. The Kier molecular flexibility index (Phi) is 7.49. The zero-order chi connectivity index (χ0) is 25.8. The second kappa shape index (κ2) is 10.7. The molecule has 0 spiro atoms. The van der Waals surface area contributed by atoms with E-state index in [1.165, 1.54) is 17.0 Å². The summed E-state index contributed by atoms with van der Waals surface area (Å²) in [5, 5.41) is 4.71. The molecule has 1 aliphatic heterocycles. The van der Waals surface area contributed by atoms with E-state index in [0.717, 1.165) is 12.1 Å². The van der Waals surface area contributed by atoms with Crippen molar-refractivity contribution in [3.8, 4) is 22.9 Å². The number of ether oxygens (including phenoxy) is 1. The molecule has 1 fully saturated rings. The Morgan fingerprint density at radius 2 is 2.03 bits per heavy atom. The number of rotatable bonds is 7. The second-order valence-corrected chi connectivity index (χ2v) is 8.56. The largest absolute Gasteiger partial charge is 0.436 e. The molecule has 4 rings (SSSR count). The van der Waals surface area contributed by atoms with Gasteiger partial charge >= 0.3 is 0 Å². The van der Waals surface area contributed by atoms with E-state index in [-0.39, 0.29) is 39.9 Å². The van der Waals surface area contributed by atoms with Gasteiger partial charge in [0.2, 0.25) is 5.91 Å². The van der Waals surface area contributed by atoms with Crippen molar-refractivity contribution in [2.24, 2.45) is 5.73 Å². The molecule has 1 atom stereocenters. The molecule has 9 nitrogen and oxygen atoms in total. The number of aromatic nitrogens is 3. The number of nitrogens with two attached hydrogens (primary N) is 2. The first-order chi connectivity index (χ1) is 17.3. The number of anilines is 1. The van der Waals surface area contributed by atoms with Gasteiger partial charge in [-0.2, -0.15) is 5.10 Å². The number of amides is 2. The highest BCUT2D eigenvalue weighted by Crippen LogP contribution is 2.33. The van der Waals surface area contributed by atoms with Gasteiger partial charge in [0.15, 0.2) is 5.82 Å². The molecule has 2 amide bonds. The van der Waals surface area contributed by atoms with Crippen molar-refractivity contribution in [3.05, 3.63) is 65.1 Å². The van der Waals surface area contributed by atoms with Crippen LogP contribution in [0.1, 0.15) is 29.2 Å². The van der Waals surface area contributed by atoms with E-state index in [1.807, 2.05) is 0 Å². The van der Waals surface area contributed by atoms with E-state index < -0.39 is 18.4 Å². The number of carbonyl (C=O) groups is 2. The van der Waals surface area contributed by atoms with Crippen molar-refractivity contribution in [1.29, 1.82) is 0 Å². The van der Waals surface area contributed by atoms with Crippen LogP contribution >= 0.6 is 11.6 Å². The lowest BCUT2D eigenvalue weighted by Gasteiger charge is -2.32. The summed E-state index contributed by atoms with van der Waals surface area (Å²) < 4.78 is 33.4. The van der Waals surface area contributed by atoms with E-state index in [9.17, 15) is 18.4 Å². The van der Waals surface area contributed by atoms with E-state index in [4.69, 9.17) is 27.8 Å². The monoisotopic (exact) mass is 516 g/mol. The van der Waals surface area contributed by atoms with Gasteiger partial charge in [0.05, 0.1) is 11.1 Å². The molecule has 1 saturated heterocycles. The molecule has 0 aliphatic carbocycles. The van der Waals surface area contributed by atoms with Crippen LogP contribution in [0.2, 0.25) is 5.02 Å². The molecule has 12 heteroatoms. The number of piperidine rings is 1. The number of nitrogen functional groups attached to an aromatic ring is 1. The SMILES string of the molecule is NC(=O)c1c(-c2ccc(Oc3ncc(Cl)cc3F)cc2)nn([C@@H]2CCCN(C(=O)/C=C/CF)C2)c1N. The fraction of sp³-hybridized carbons (Fsp3) is 0.250. The summed E-state index contributed by atoms with van der Waals surface area (Å²) in [7, 11) is 0. The van der Waals surface area contributed by atoms with Crippen LogP contribution < -0.4 is 16.2 Å². The number of nitrogens with zero attached hydrogens (tertiary/aromatic N) is 4. The Labute approximate surface area is 210 Å². The Hall–Kier alpha value is -3.99. The topological polar surface area (TPSA) is 129 Å². The Morgan fingerprint density at radius 3 is 2.69 bits per heavy atom. The summed E-state index contributed by atoms with van der Waals surface area (Å²) in [6.07, 6.45) is 4.97. The van der Waals surface area contributed by atoms with Gasteiger partial charge in [0.25, 0.3) is 11.8 Å². The number of alkyl halides is 1. The number of likely N-dealkylation sites (tertiary alicyclic amines) is 1. The quantitative estimate of drug-likeness (QED) is 0.458. The van der Waals surface area contributed by atoms with Gasteiger partial charge in [0.1, 0.15) is 29.5 Å². The highest BCUT2D eigenvalue weighted by Gasteiger charge is 2.29. The van der Waals surface area contributed by atoms with Crippen LogP contribution in [0.4, 0.5) is 14.6 Å². The third-order valence-corrected chi connectivity index (χ3v) is 5.92. The molecule has 0 saturated carbocycles. The molecule has 188 valence electrons. The highest BCUT2D eigenvalue weighted by atomic mass is 35.5. The van der Waals surface area contributed by atoms with Gasteiger partial charge in [-0.05, 0) is 49.2 Å². The number of primary amides is 1. The Morgan fingerprint density at radius 1 is 1.28 bits per heavy atom. The predicted octanol–water partition coefficient (Wildman–Crippen LogP) is 3.90. The molecular weight excluding hydrogens is 494 g/mol. The number of pyridine rings is 1. The molecule has 3 heterocycles. The van der Waals surface area contributed by atoms with Crippen LogP contribution in [0.25, 0.3) is 11.3 Å². The summed E-state index contributed by atoms with van der Waals surface area (Å²) in [4.78, 5) is 30.0. The normalized spacial score (nSPS) is 15.9. The van der Waals surface area contributed by atoms with Gasteiger partial charge in [0, 0.05) is 30.9 Å². The van der Waals surface area contributed by atoms with Gasteiger partial charge in [-0.3, -0.25) is 9.59 Å². The van der Waals surface area contributed by atoms with Gasteiger partial charge in [-0.15, -0.1) is 0 Å². The molecule has 36 heavy (non-hydrogen) atoms. The number of hydrogen-bond acceptors (Lipinski definition) is 6. The van der Waals surface area contributed by atoms with Crippen molar-refractivity contribution in [2.45, 2.75) is 18.9 Å². The van der Waals surface area contributed by atoms with Gasteiger partial charge in [-0.25, -0.2) is 18.4 Å². The third kappa shape index (κ3) is 5.30. The maximum absolute atomic E-state index is 14.0. The summed E-state index contributed by atoms with van der Waals surface area (Å²) in [5.41, 5.74) is 12.7. The fourth-order valence-corrected chi connectivity index (χ4v) is 4.19. The molecule has 0 unspecified atom stereocenters. The molecule has 0 radical (unpaired) electrons. The molecule has 0 bridgehead atoms. The molecule has 2 aromatic heterocycles. The minimum atomic E-state index is -0.754. The lowest BCUT2D eigenvalue weighted by Crippen LogP contribution is -2.40. The molecule has 4 N–H and O–H groups in total. The maximum Gasteiger partial charge on any atom is 0.255 e. The smallest absolute Gasteiger partial charge is 0.255 e. The molecular formula is C24H23ClF2N6O3. The average Bonchev–Trinajstić information content (AvgIpc) is 3.22. The fourth-order valence-electron chi connectivity index (χ4n) is 4.05.